The predicted octanol–water partition coefficient (Wildman–Crippen LogP) is 5.36. The number of carbonyl (C=O) groups is 1. The summed E-state index contributed by atoms with van der Waals surface area (Å²) in [6, 6.07) is 16.1. The summed E-state index contributed by atoms with van der Waals surface area (Å²) in [5.74, 6) is -0.159. The quantitative estimate of drug-likeness (QED) is 0.319. The zero-order chi connectivity index (χ0) is 17.8. The van der Waals surface area contributed by atoms with Crippen LogP contribution in [0.2, 0.25) is 0 Å². The number of esters is 1. The first kappa shape index (κ1) is 17.1. The Morgan fingerprint density at radius 1 is 0.846 bits per heavy atom. The van der Waals surface area contributed by atoms with Crippen LogP contribution in [0.3, 0.4) is 0 Å². The van der Waals surface area contributed by atoms with E-state index >= 15 is 0 Å². The maximum Gasteiger partial charge on any atom is 0.306 e. The van der Waals surface area contributed by atoms with Crippen LogP contribution in [-0.4, -0.2) is 15.9 Å². The number of aromatic nitrogens is 2. The molecule has 4 rings (SSSR count). The third-order valence-electron chi connectivity index (χ3n) is 4.05. The van der Waals surface area contributed by atoms with Crippen molar-refractivity contribution in [1.29, 1.82) is 0 Å². The molecule has 0 bridgehead atoms. The minimum absolute atomic E-state index is 0.159. The molecule has 4 nitrogen and oxygen atoms in total. The van der Waals surface area contributed by atoms with Crippen molar-refractivity contribution in [2.75, 3.05) is 0 Å². The molecule has 0 N–H and O–H groups in total. The van der Waals surface area contributed by atoms with Crippen molar-refractivity contribution in [1.82, 2.24) is 9.97 Å². The second kappa shape index (κ2) is 7.93. The van der Waals surface area contributed by atoms with Gasteiger partial charge in [-0.3, -0.25) is 4.79 Å². The van der Waals surface area contributed by atoms with E-state index in [4.69, 9.17) is 4.74 Å². The van der Waals surface area contributed by atoms with Gasteiger partial charge in [-0.05, 0) is 43.5 Å². The van der Waals surface area contributed by atoms with E-state index in [-0.39, 0.29) is 12.6 Å². The number of hydrogen-bond donors (Lipinski definition) is 0. The number of para-hydroxylation sites is 2. The molecule has 4 aromatic rings. The van der Waals surface area contributed by atoms with Crippen LogP contribution in [0.25, 0.3) is 20.4 Å². The van der Waals surface area contributed by atoms with Crippen molar-refractivity contribution < 1.29 is 9.53 Å². The average Bonchev–Trinajstić information content (AvgIpc) is 3.26. The Morgan fingerprint density at radius 3 is 2.15 bits per heavy atom. The zero-order valence-electron chi connectivity index (χ0n) is 14.2. The average molecular weight is 383 g/mol. The van der Waals surface area contributed by atoms with Gasteiger partial charge in [-0.25, -0.2) is 9.97 Å². The van der Waals surface area contributed by atoms with E-state index in [0.717, 1.165) is 45.0 Å². The molecule has 2 heterocycles. The van der Waals surface area contributed by atoms with E-state index in [1.54, 1.807) is 22.7 Å². The van der Waals surface area contributed by atoms with Crippen molar-refractivity contribution in [3.63, 3.8) is 0 Å². The number of benzene rings is 2. The number of nitrogens with zero attached hydrogens (tertiary/aromatic N) is 2. The summed E-state index contributed by atoms with van der Waals surface area (Å²) in [6.07, 6.45) is 3.10. The first-order chi connectivity index (χ1) is 12.8. The second-order valence-electron chi connectivity index (χ2n) is 6.02. The number of fused-ring (bicyclic) bond motifs is 2. The van der Waals surface area contributed by atoms with Crippen molar-refractivity contribution in [3.8, 4) is 0 Å². The molecule has 2 aromatic heterocycles. The third-order valence-corrected chi connectivity index (χ3v) is 6.16. The summed E-state index contributed by atoms with van der Waals surface area (Å²) >= 11 is 3.30. The molecule has 0 spiro atoms. The fraction of sp³-hybridized carbons (Fsp3) is 0.250. The first-order valence-electron chi connectivity index (χ1n) is 8.62. The summed E-state index contributed by atoms with van der Waals surface area (Å²) in [6.45, 7) is 0.260. The van der Waals surface area contributed by atoms with Gasteiger partial charge in [0.1, 0.15) is 11.6 Å². The molecule has 0 aliphatic rings. The molecule has 6 heteroatoms. The number of ether oxygens (including phenoxy) is 1. The minimum atomic E-state index is -0.159. The molecule has 0 unspecified atom stereocenters. The SMILES string of the molecule is O=C(CCCCc1nc2ccccc2s1)OCc1nc2ccccc2s1. The lowest BCUT2D eigenvalue weighted by molar-refractivity contribution is -0.145. The number of aryl methyl sites for hydroxylation is 1. The maximum atomic E-state index is 11.9. The van der Waals surface area contributed by atoms with Crippen LogP contribution in [0.5, 0.6) is 0 Å². The Bertz CT molecular complexity index is 972. The van der Waals surface area contributed by atoms with Crippen LogP contribution in [-0.2, 0) is 22.6 Å². The molecule has 0 atom stereocenters. The largest absolute Gasteiger partial charge is 0.458 e. The minimum Gasteiger partial charge on any atom is -0.458 e. The Kier molecular flexibility index (Phi) is 5.22. The lowest BCUT2D eigenvalue weighted by Crippen LogP contribution is -2.04. The van der Waals surface area contributed by atoms with Crippen LogP contribution >= 0.6 is 22.7 Å². The molecule has 0 saturated carbocycles. The van der Waals surface area contributed by atoms with Crippen LogP contribution < -0.4 is 0 Å². The topological polar surface area (TPSA) is 52.1 Å². The van der Waals surface area contributed by atoms with Gasteiger partial charge >= 0.3 is 5.97 Å². The van der Waals surface area contributed by atoms with Gasteiger partial charge in [0.15, 0.2) is 0 Å². The molecule has 0 aliphatic heterocycles. The molecule has 132 valence electrons. The van der Waals surface area contributed by atoms with Gasteiger partial charge in [-0.15, -0.1) is 22.7 Å². The van der Waals surface area contributed by atoms with Crippen LogP contribution in [0, 0.1) is 0 Å². The lowest BCUT2D eigenvalue weighted by atomic mass is 10.2. The Hall–Kier alpha value is -2.31. The summed E-state index contributed by atoms with van der Waals surface area (Å²) in [5, 5.41) is 1.98. The van der Waals surface area contributed by atoms with Gasteiger partial charge in [0.2, 0.25) is 0 Å². The first-order valence-corrected chi connectivity index (χ1v) is 10.3. The highest BCUT2D eigenvalue weighted by Crippen LogP contribution is 2.23. The monoisotopic (exact) mass is 382 g/mol. The van der Waals surface area contributed by atoms with Crippen molar-refractivity contribution in [3.05, 3.63) is 58.5 Å². The molecular weight excluding hydrogens is 364 g/mol. The third kappa shape index (κ3) is 4.08. The highest BCUT2D eigenvalue weighted by atomic mass is 32.1. The van der Waals surface area contributed by atoms with E-state index in [0.29, 0.717) is 6.42 Å². The van der Waals surface area contributed by atoms with Crippen LogP contribution in [0.15, 0.2) is 48.5 Å². The van der Waals surface area contributed by atoms with E-state index < -0.39 is 0 Å². The van der Waals surface area contributed by atoms with Gasteiger partial charge in [0.25, 0.3) is 0 Å². The summed E-state index contributed by atoms with van der Waals surface area (Å²) in [7, 11) is 0. The Balaban J connectivity index is 1.20. The highest BCUT2D eigenvalue weighted by Gasteiger charge is 2.08. The number of hydrogen-bond acceptors (Lipinski definition) is 6. The fourth-order valence-electron chi connectivity index (χ4n) is 2.77. The number of thiazole rings is 2. The standard InChI is InChI=1S/C20H18N2O2S2/c23-20(24-13-19-22-15-8-2-4-10-17(15)26-19)12-6-5-11-18-21-14-7-1-3-9-16(14)25-18/h1-4,7-10H,5-6,11-13H2. The van der Waals surface area contributed by atoms with Gasteiger partial charge in [-0.2, -0.15) is 0 Å². The fourth-order valence-corrected chi connectivity index (χ4v) is 4.66. The van der Waals surface area contributed by atoms with Crippen molar-refractivity contribution in [2.45, 2.75) is 32.3 Å². The summed E-state index contributed by atoms with van der Waals surface area (Å²) < 4.78 is 7.69. The molecule has 0 radical (unpaired) electrons. The van der Waals surface area contributed by atoms with Crippen molar-refractivity contribution in [2.24, 2.45) is 0 Å². The van der Waals surface area contributed by atoms with Gasteiger partial charge in [-0.1, -0.05) is 24.3 Å². The molecule has 0 aliphatic carbocycles. The van der Waals surface area contributed by atoms with E-state index in [1.165, 1.54) is 4.70 Å². The molecule has 0 amide bonds. The van der Waals surface area contributed by atoms with Gasteiger partial charge in [0.05, 0.1) is 25.4 Å². The van der Waals surface area contributed by atoms with Crippen LogP contribution in [0.4, 0.5) is 0 Å². The number of rotatable bonds is 7. The van der Waals surface area contributed by atoms with E-state index in [9.17, 15) is 4.79 Å². The van der Waals surface area contributed by atoms with E-state index in [1.807, 2.05) is 42.5 Å². The zero-order valence-corrected chi connectivity index (χ0v) is 15.8. The second-order valence-corrected chi connectivity index (χ2v) is 8.25. The normalized spacial score (nSPS) is 11.2. The highest BCUT2D eigenvalue weighted by molar-refractivity contribution is 7.18. The molecule has 26 heavy (non-hydrogen) atoms. The van der Waals surface area contributed by atoms with Gasteiger partial charge < -0.3 is 4.74 Å². The molecule has 2 aromatic carbocycles. The van der Waals surface area contributed by atoms with Crippen LogP contribution in [0.1, 0.15) is 29.3 Å². The van der Waals surface area contributed by atoms with E-state index in [2.05, 4.69) is 16.0 Å². The Morgan fingerprint density at radius 2 is 1.46 bits per heavy atom. The number of unbranched alkanes of at least 4 members (excludes halogenated alkanes) is 1. The molecular formula is C20H18N2O2S2. The molecule has 0 saturated heterocycles. The summed E-state index contributed by atoms with van der Waals surface area (Å²) in [4.78, 5) is 21.0. The molecule has 0 fully saturated rings. The number of carbonyl (C=O) groups excluding carboxylic acids is 1. The summed E-state index contributed by atoms with van der Waals surface area (Å²) in [5.41, 5.74) is 2.02. The predicted molar refractivity (Wildman–Crippen MR) is 107 cm³/mol. The lowest BCUT2D eigenvalue weighted by Gasteiger charge is -2.02. The Labute approximate surface area is 159 Å². The van der Waals surface area contributed by atoms with Gasteiger partial charge in [0, 0.05) is 6.42 Å². The maximum absolute atomic E-state index is 11.9. The smallest absolute Gasteiger partial charge is 0.306 e. The van der Waals surface area contributed by atoms with Crippen molar-refractivity contribution >= 4 is 49.1 Å².